The van der Waals surface area contributed by atoms with Gasteiger partial charge in [0.1, 0.15) is 11.7 Å². The first-order valence-electron chi connectivity index (χ1n) is 8.62. The second-order valence-corrected chi connectivity index (χ2v) is 6.32. The molecule has 0 fully saturated rings. The lowest BCUT2D eigenvalue weighted by atomic mass is 10.1. The Morgan fingerprint density at radius 2 is 1.90 bits per heavy atom. The number of aromatic nitrogens is 3. The third-order valence-corrected chi connectivity index (χ3v) is 4.38. The Balaban J connectivity index is 1.82. The maximum Gasteiger partial charge on any atom is 0.417 e. The van der Waals surface area contributed by atoms with Crippen LogP contribution in [0, 0.1) is 17.0 Å². The van der Waals surface area contributed by atoms with Crippen LogP contribution in [0.25, 0.3) is 5.82 Å². The van der Waals surface area contributed by atoms with Crippen molar-refractivity contribution in [2.24, 2.45) is 0 Å². The van der Waals surface area contributed by atoms with Crippen molar-refractivity contribution in [3.05, 3.63) is 81.3 Å². The Hall–Kier alpha value is -3.76. The molecule has 8 nitrogen and oxygen atoms in total. The number of carbonyl (C=O) groups is 1. The first kappa shape index (κ1) is 21.0. The van der Waals surface area contributed by atoms with Gasteiger partial charge in [0.25, 0.3) is 5.69 Å². The quantitative estimate of drug-likeness (QED) is 0.344. The van der Waals surface area contributed by atoms with Crippen molar-refractivity contribution in [2.75, 3.05) is 0 Å². The van der Waals surface area contributed by atoms with Gasteiger partial charge < -0.3 is 4.74 Å². The molecule has 0 N–H and O–H groups in total. The normalized spacial score (nSPS) is 12.4. The Labute approximate surface area is 168 Å². The molecule has 156 valence electrons. The molecule has 0 spiro atoms. The minimum Gasteiger partial charge on any atom is -0.454 e. The van der Waals surface area contributed by atoms with E-state index in [1.54, 1.807) is 6.07 Å². The molecule has 1 unspecified atom stereocenters. The van der Waals surface area contributed by atoms with Gasteiger partial charge in [-0.3, -0.25) is 10.1 Å². The number of nitrogens with zero attached hydrogens (tertiary/aromatic N) is 4. The summed E-state index contributed by atoms with van der Waals surface area (Å²) in [5.74, 6) is -0.692. The largest absolute Gasteiger partial charge is 0.454 e. The van der Waals surface area contributed by atoms with Crippen LogP contribution in [-0.2, 0) is 10.9 Å². The van der Waals surface area contributed by atoms with Crippen molar-refractivity contribution in [1.82, 2.24) is 14.8 Å². The van der Waals surface area contributed by atoms with E-state index in [2.05, 4.69) is 10.1 Å². The van der Waals surface area contributed by atoms with Crippen LogP contribution in [0.2, 0.25) is 0 Å². The zero-order valence-corrected chi connectivity index (χ0v) is 15.8. The topological polar surface area (TPSA) is 100 Å². The maximum absolute atomic E-state index is 12.7. The van der Waals surface area contributed by atoms with Crippen LogP contribution in [0.15, 0.2) is 48.8 Å². The summed E-state index contributed by atoms with van der Waals surface area (Å²) in [4.78, 5) is 26.9. The third kappa shape index (κ3) is 4.14. The molecule has 0 aliphatic carbocycles. The molecule has 1 aromatic carbocycles. The number of nitro benzene ring substituents is 1. The van der Waals surface area contributed by atoms with E-state index in [0.29, 0.717) is 11.9 Å². The Kier molecular flexibility index (Phi) is 5.54. The number of hydrogen-bond acceptors (Lipinski definition) is 6. The third-order valence-electron chi connectivity index (χ3n) is 4.38. The van der Waals surface area contributed by atoms with E-state index in [9.17, 15) is 28.1 Å². The number of hydrogen-bond donors (Lipinski definition) is 0. The van der Waals surface area contributed by atoms with Crippen molar-refractivity contribution < 1.29 is 27.6 Å². The molecular weight excluding hydrogens is 405 g/mol. The average molecular weight is 420 g/mol. The number of rotatable bonds is 5. The van der Waals surface area contributed by atoms with E-state index in [4.69, 9.17) is 4.74 Å². The summed E-state index contributed by atoms with van der Waals surface area (Å²) in [5.41, 5.74) is -0.511. The van der Waals surface area contributed by atoms with Gasteiger partial charge in [-0.25, -0.2) is 14.5 Å². The van der Waals surface area contributed by atoms with Crippen LogP contribution < -0.4 is 0 Å². The summed E-state index contributed by atoms with van der Waals surface area (Å²) in [6.45, 7) is 3.02. The highest BCUT2D eigenvalue weighted by molar-refractivity contribution is 5.90. The smallest absolute Gasteiger partial charge is 0.417 e. The van der Waals surface area contributed by atoms with Gasteiger partial charge in [-0.1, -0.05) is 12.1 Å². The first-order chi connectivity index (χ1) is 14.1. The molecule has 0 saturated carbocycles. The Bertz CT molecular complexity index is 1090. The molecule has 0 aliphatic rings. The maximum atomic E-state index is 12.7. The lowest BCUT2D eigenvalue weighted by Gasteiger charge is -2.13. The van der Waals surface area contributed by atoms with Gasteiger partial charge >= 0.3 is 12.1 Å². The molecular formula is C19H15F3N4O4. The van der Waals surface area contributed by atoms with Crippen molar-refractivity contribution in [2.45, 2.75) is 26.1 Å². The average Bonchev–Trinajstić information content (AvgIpc) is 3.08. The summed E-state index contributed by atoms with van der Waals surface area (Å²) < 4.78 is 44.6. The minimum atomic E-state index is -4.52. The summed E-state index contributed by atoms with van der Waals surface area (Å²) in [7, 11) is 0. The predicted octanol–water partition coefficient (Wildman–Crippen LogP) is 4.42. The highest BCUT2D eigenvalue weighted by atomic mass is 19.4. The monoisotopic (exact) mass is 420 g/mol. The highest BCUT2D eigenvalue weighted by Gasteiger charge is 2.31. The Morgan fingerprint density at radius 3 is 2.50 bits per heavy atom. The van der Waals surface area contributed by atoms with Gasteiger partial charge in [-0.2, -0.15) is 18.3 Å². The fourth-order valence-electron chi connectivity index (χ4n) is 2.81. The number of nitro groups is 1. The molecule has 0 radical (unpaired) electrons. The second-order valence-electron chi connectivity index (χ2n) is 6.32. The van der Waals surface area contributed by atoms with Gasteiger partial charge in [-0.15, -0.1) is 0 Å². The number of ether oxygens (including phenoxy) is 1. The Morgan fingerprint density at radius 1 is 1.20 bits per heavy atom. The molecule has 3 rings (SSSR count). The van der Waals surface area contributed by atoms with E-state index < -0.39 is 28.7 Å². The number of halogens is 3. The second kappa shape index (κ2) is 7.93. The van der Waals surface area contributed by atoms with E-state index in [1.165, 1.54) is 42.9 Å². The van der Waals surface area contributed by atoms with Gasteiger partial charge in [0.15, 0.2) is 5.82 Å². The molecule has 2 heterocycles. The lowest BCUT2D eigenvalue weighted by molar-refractivity contribution is -0.386. The summed E-state index contributed by atoms with van der Waals surface area (Å²) in [5, 5.41) is 15.1. The van der Waals surface area contributed by atoms with E-state index >= 15 is 0 Å². The van der Waals surface area contributed by atoms with E-state index in [-0.39, 0.29) is 22.6 Å². The minimum absolute atomic E-state index is 0.0575. The number of alkyl halides is 3. The van der Waals surface area contributed by atoms with Crippen LogP contribution in [0.3, 0.4) is 0 Å². The van der Waals surface area contributed by atoms with E-state index in [1.807, 2.05) is 0 Å². The lowest BCUT2D eigenvalue weighted by Crippen LogP contribution is -2.12. The molecule has 0 amide bonds. The van der Waals surface area contributed by atoms with Gasteiger partial charge in [-0.05, 0) is 32.0 Å². The number of benzene rings is 1. The molecule has 11 heteroatoms. The summed E-state index contributed by atoms with van der Waals surface area (Å²) in [6.07, 6.45) is -3.56. The fraction of sp³-hybridized carbons (Fsp3) is 0.211. The van der Waals surface area contributed by atoms with Crippen LogP contribution in [-0.4, -0.2) is 25.7 Å². The fourth-order valence-corrected chi connectivity index (χ4v) is 2.81. The summed E-state index contributed by atoms with van der Waals surface area (Å²) >= 11 is 0. The highest BCUT2D eigenvalue weighted by Crippen LogP contribution is 2.30. The van der Waals surface area contributed by atoms with E-state index in [0.717, 1.165) is 12.1 Å². The van der Waals surface area contributed by atoms with Gasteiger partial charge in [0.05, 0.1) is 27.9 Å². The van der Waals surface area contributed by atoms with Crippen molar-refractivity contribution in [3.63, 3.8) is 0 Å². The zero-order chi connectivity index (χ0) is 22.1. The number of esters is 1. The van der Waals surface area contributed by atoms with Crippen LogP contribution >= 0.6 is 0 Å². The predicted molar refractivity (Wildman–Crippen MR) is 98.0 cm³/mol. The summed E-state index contributed by atoms with van der Waals surface area (Å²) in [6, 6.07) is 7.87. The number of pyridine rings is 1. The van der Waals surface area contributed by atoms with Crippen LogP contribution in [0.5, 0.6) is 0 Å². The molecule has 0 aliphatic heterocycles. The SMILES string of the molecule is Cc1c(C(=O)OC(C)c2ccccc2[N+](=O)[O-])cnn1-c1ccc(C(F)(F)F)cn1. The molecule has 30 heavy (non-hydrogen) atoms. The number of para-hydroxylation sites is 1. The van der Waals surface area contributed by atoms with Gasteiger partial charge in [0, 0.05) is 12.3 Å². The first-order valence-corrected chi connectivity index (χ1v) is 8.62. The molecule has 1 atom stereocenters. The van der Waals surface area contributed by atoms with Crippen LogP contribution in [0.1, 0.15) is 40.2 Å². The van der Waals surface area contributed by atoms with Crippen molar-refractivity contribution in [1.29, 1.82) is 0 Å². The van der Waals surface area contributed by atoms with Gasteiger partial charge in [0.2, 0.25) is 0 Å². The molecule has 3 aromatic rings. The zero-order valence-electron chi connectivity index (χ0n) is 15.8. The van der Waals surface area contributed by atoms with Crippen LogP contribution in [0.4, 0.5) is 18.9 Å². The van der Waals surface area contributed by atoms with Crippen molar-refractivity contribution in [3.8, 4) is 5.82 Å². The molecule has 2 aromatic heterocycles. The standard InChI is InChI=1S/C19H15F3N4O4/c1-11-15(10-24-25(11)17-8-7-13(9-23-17)19(20,21)22)18(27)30-12(2)14-5-3-4-6-16(14)26(28)29/h3-10,12H,1-2H3. The number of carbonyl (C=O) groups excluding carboxylic acids is 1. The van der Waals surface area contributed by atoms with Crippen molar-refractivity contribution >= 4 is 11.7 Å². The molecule has 0 saturated heterocycles. The molecule has 0 bridgehead atoms.